The number of nitrogens with zero attached hydrogens (tertiary/aromatic N) is 1. The van der Waals surface area contributed by atoms with Crippen molar-refractivity contribution in [2.75, 3.05) is 33.4 Å². The lowest BCUT2D eigenvalue weighted by Crippen LogP contribution is -2.58. The summed E-state index contributed by atoms with van der Waals surface area (Å²) in [4.78, 5) is 4.80. The molecule has 3 N–H and O–H groups in total. The Morgan fingerprint density at radius 2 is 1.77 bits per heavy atom. The SMILES string of the molecule is CCNC(=NCc1ccccc1OC)NCC1(NC(C)c2ccccc2)CCOCC1. The molecule has 6 nitrogen and oxygen atoms in total. The average molecular weight is 425 g/mol. The van der Waals surface area contributed by atoms with Crippen LogP contribution in [0.5, 0.6) is 5.75 Å². The minimum atomic E-state index is -0.0475. The van der Waals surface area contributed by atoms with Crippen LogP contribution in [0.4, 0.5) is 0 Å². The summed E-state index contributed by atoms with van der Waals surface area (Å²) in [6.07, 6.45) is 1.92. The van der Waals surface area contributed by atoms with Crippen molar-refractivity contribution in [3.8, 4) is 5.75 Å². The first-order valence-electron chi connectivity index (χ1n) is 11.2. The number of para-hydroxylation sites is 1. The summed E-state index contributed by atoms with van der Waals surface area (Å²) in [5, 5.41) is 10.8. The van der Waals surface area contributed by atoms with Crippen molar-refractivity contribution in [1.82, 2.24) is 16.0 Å². The van der Waals surface area contributed by atoms with Crippen LogP contribution >= 0.6 is 0 Å². The number of ether oxygens (including phenoxy) is 2. The maximum Gasteiger partial charge on any atom is 0.191 e. The number of nitrogens with one attached hydrogen (secondary N) is 3. The molecule has 1 heterocycles. The van der Waals surface area contributed by atoms with E-state index in [9.17, 15) is 0 Å². The van der Waals surface area contributed by atoms with Gasteiger partial charge in [0.1, 0.15) is 5.75 Å². The minimum absolute atomic E-state index is 0.0475. The van der Waals surface area contributed by atoms with Crippen molar-refractivity contribution in [3.05, 3.63) is 65.7 Å². The van der Waals surface area contributed by atoms with Gasteiger partial charge in [-0.1, -0.05) is 48.5 Å². The van der Waals surface area contributed by atoms with Crippen LogP contribution in [0.3, 0.4) is 0 Å². The Morgan fingerprint density at radius 3 is 2.48 bits per heavy atom. The second kappa shape index (κ2) is 11.7. The molecule has 168 valence electrons. The summed E-state index contributed by atoms with van der Waals surface area (Å²) in [7, 11) is 1.69. The molecule has 3 rings (SSSR count). The van der Waals surface area contributed by atoms with Crippen LogP contribution in [-0.4, -0.2) is 44.9 Å². The van der Waals surface area contributed by atoms with Crippen molar-refractivity contribution >= 4 is 5.96 Å². The Kier molecular flexibility index (Phi) is 8.74. The van der Waals surface area contributed by atoms with Crippen LogP contribution in [0.1, 0.15) is 43.9 Å². The number of benzene rings is 2. The molecular weight excluding hydrogens is 388 g/mol. The highest BCUT2D eigenvalue weighted by Gasteiger charge is 2.34. The topological polar surface area (TPSA) is 66.9 Å². The lowest BCUT2D eigenvalue weighted by Gasteiger charge is -2.41. The normalized spacial score (nSPS) is 17.1. The zero-order chi connectivity index (χ0) is 21.9. The van der Waals surface area contributed by atoms with Crippen molar-refractivity contribution < 1.29 is 9.47 Å². The molecule has 2 aromatic rings. The average Bonchev–Trinajstić information content (AvgIpc) is 2.82. The van der Waals surface area contributed by atoms with Crippen molar-refractivity contribution in [2.24, 2.45) is 4.99 Å². The molecule has 0 saturated carbocycles. The number of aliphatic imine (C=N–C) groups is 1. The molecule has 0 aromatic heterocycles. The van der Waals surface area contributed by atoms with Gasteiger partial charge in [0, 0.05) is 43.4 Å². The van der Waals surface area contributed by atoms with E-state index in [0.29, 0.717) is 6.54 Å². The zero-order valence-electron chi connectivity index (χ0n) is 19.0. The van der Waals surface area contributed by atoms with Gasteiger partial charge in [0.25, 0.3) is 0 Å². The number of hydrogen-bond acceptors (Lipinski definition) is 4. The van der Waals surface area contributed by atoms with E-state index in [1.165, 1.54) is 5.56 Å². The van der Waals surface area contributed by atoms with Gasteiger partial charge in [-0.3, -0.25) is 0 Å². The fourth-order valence-corrected chi connectivity index (χ4v) is 4.01. The van der Waals surface area contributed by atoms with E-state index >= 15 is 0 Å². The van der Waals surface area contributed by atoms with E-state index in [1.54, 1.807) is 7.11 Å². The first-order chi connectivity index (χ1) is 15.2. The molecule has 1 aliphatic heterocycles. The predicted molar refractivity (Wildman–Crippen MR) is 127 cm³/mol. The van der Waals surface area contributed by atoms with Gasteiger partial charge in [-0.25, -0.2) is 4.99 Å². The lowest BCUT2D eigenvalue weighted by molar-refractivity contribution is 0.0355. The molecule has 0 spiro atoms. The molecule has 31 heavy (non-hydrogen) atoms. The summed E-state index contributed by atoms with van der Waals surface area (Å²) < 4.78 is 11.1. The fraction of sp³-hybridized carbons (Fsp3) is 0.480. The Morgan fingerprint density at radius 1 is 1.06 bits per heavy atom. The number of methoxy groups -OCH3 is 1. The van der Waals surface area contributed by atoms with Gasteiger partial charge in [0.05, 0.1) is 13.7 Å². The number of rotatable bonds is 9. The van der Waals surface area contributed by atoms with E-state index in [2.05, 4.69) is 66.2 Å². The van der Waals surface area contributed by atoms with E-state index in [4.69, 9.17) is 14.5 Å². The molecule has 2 aromatic carbocycles. The van der Waals surface area contributed by atoms with Gasteiger partial charge in [0.2, 0.25) is 0 Å². The van der Waals surface area contributed by atoms with Crippen LogP contribution in [0.2, 0.25) is 0 Å². The van der Waals surface area contributed by atoms with Crippen LogP contribution < -0.4 is 20.7 Å². The lowest BCUT2D eigenvalue weighted by atomic mass is 9.88. The Hall–Kier alpha value is -2.57. The van der Waals surface area contributed by atoms with E-state index < -0.39 is 0 Å². The summed E-state index contributed by atoms with van der Waals surface area (Å²) in [6.45, 7) is 8.00. The van der Waals surface area contributed by atoms with Crippen LogP contribution in [-0.2, 0) is 11.3 Å². The molecule has 0 bridgehead atoms. The van der Waals surface area contributed by atoms with Gasteiger partial charge >= 0.3 is 0 Å². The molecule has 0 radical (unpaired) electrons. The number of guanidine groups is 1. The Balaban J connectivity index is 1.69. The van der Waals surface area contributed by atoms with Gasteiger partial charge < -0.3 is 25.4 Å². The van der Waals surface area contributed by atoms with Crippen molar-refractivity contribution in [3.63, 3.8) is 0 Å². The van der Waals surface area contributed by atoms with Crippen LogP contribution in [0.25, 0.3) is 0 Å². The molecule has 1 fully saturated rings. The van der Waals surface area contributed by atoms with E-state index in [-0.39, 0.29) is 11.6 Å². The molecule has 1 unspecified atom stereocenters. The molecule has 1 saturated heterocycles. The molecular formula is C25H36N4O2. The fourth-order valence-electron chi connectivity index (χ4n) is 4.01. The maximum absolute atomic E-state index is 5.67. The molecule has 0 aliphatic carbocycles. The monoisotopic (exact) mass is 424 g/mol. The second-order valence-electron chi connectivity index (χ2n) is 8.03. The quantitative estimate of drug-likeness (QED) is 0.424. The smallest absolute Gasteiger partial charge is 0.191 e. The first-order valence-corrected chi connectivity index (χ1v) is 11.2. The predicted octanol–water partition coefficient (Wildman–Crippen LogP) is 3.65. The zero-order valence-corrected chi connectivity index (χ0v) is 19.0. The summed E-state index contributed by atoms with van der Waals surface area (Å²) in [5.74, 6) is 1.68. The van der Waals surface area contributed by atoms with Crippen LogP contribution in [0.15, 0.2) is 59.6 Å². The van der Waals surface area contributed by atoms with Gasteiger partial charge in [0.15, 0.2) is 5.96 Å². The summed E-state index contributed by atoms with van der Waals surface area (Å²) >= 11 is 0. The Labute approximate surface area is 186 Å². The standard InChI is InChI=1S/C25H36N4O2/c1-4-26-24(27-18-22-12-8-9-13-23(22)30-3)28-19-25(14-16-31-17-15-25)29-20(2)21-10-6-5-7-11-21/h5-13,20,29H,4,14-19H2,1-3H3,(H2,26,27,28). The highest BCUT2D eigenvalue weighted by molar-refractivity contribution is 5.79. The molecule has 1 atom stereocenters. The van der Waals surface area contributed by atoms with Crippen LogP contribution in [0, 0.1) is 0 Å². The highest BCUT2D eigenvalue weighted by Crippen LogP contribution is 2.25. The molecule has 1 aliphatic rings. The largest absolute Gasteiger partial charge is 0.496 e. The van der Waals surface area contributed by atoms with Gasteiger partial charge in [-0.2, -0.15) is 0 Å². The third kappa shape index (κ3) is 6.71. The minimum Gasteiger partial charge on any atom is -0.496 e. The Bertz CT molecular complexity index is 819. The third-order valence-corrected chi connectivity index (χ3v) is 5.81. The molecule has 0 amide bonds. The van der Waals surface area contributed by atoms with Gasteiger partial charge in [-0.05, 0) is 38.3 Å². The third-order valence-electron chi connectivity index (χ3n) is 5.81. The second-order valence-corrected chi connectivity index (χ2v) is 8.03. The van der Waals surface area contributed by atoms with E-state index in [1.807, 2.05) is 18.2 Å². The van der Waals surface area contributed by atoms with Crippen molar-refractivity contribution in [2.45, 2.75) is 44.8 Å². The van der Waals surface area contributed by atoms with Crippen molar-refractivity contribution in [1.29, 1.82) is 0 Å². The first kappa shape index (κ1) is 23.1. The summed E-state index contributed by atoms with van der Waals surface area (Å²) in [5.41, 5.74) is 2.32. The summed E-state index contributed by atoms with van der Waals surface area (Å²) in [6, 6.07) is 18.9. The van der Waals surface area contributed by atoms with E-state index in [0.717, 1.165) is 56.4 Å². The van der Waals surface area contributed by atoms with Gasteiger partial charge in [-0.15, -0.1) is 0 Å². The molecule has 6 heteroatoms. The number of hydrogen-bond donors (Lipinski definition) is 3. The maximum atomic E-state index is 5.67. The highest BCUT2D eigenvalue weighted by atomic mass is 16.5.